The van der Waals surface area contributed by atoms with Crippen molar-refractivity contribution in [3.05, 3.63) is 71.5 Å². The van der Waals surface area contributed by atoms with Crippen LogP contribution in [0, 0.1) is 5.82 Å². The van der Waals surface area contributed by atoms with E-state index in [1.54, 1.807) is 6.07 Å². The molecule has 154 valence electrons. The summed E-state index contributed by atoms with van der Waals surface area (Å²) < 4.78 is 25.2. The molecule has 3 rings (SSSR count). The summed E-state index contributed by atoms with van der Waals surface area (Å²) in [6, 6.07) is 16.6. The third kappa shape index (κ3) is 6.54. The van der Waals surface area contributed by atoms with E-state index < -0.39 is 6.10 Å². The molecule has 2 aromatic rings. The van der Waals surface area contributed by atoms with Crippen LogP contribution < -0.4 is 0 Å². The van der Waals surface area contributed by atoms with Crippen molar-refractivity contribution in [2.24, 2.45) is 0 Å². The van der Waals surface area contributed by atoms with E-state index in [2.05, 4.69) is 11.8 Å². The summed E-state index contributed by atoms with van der Waals surface area (Å²) in [5, 5.41) is 10.4. The highest BCUT2D eigenvalue weighted by Gasteiger charge is 2.24. The van der Waals surface area contributed by atoms with Crippen LogP contribution in [0.4, 0.5) is 4.39 Å². The van der Waals surface area contributed by atoms with E-state index in [1.807, 2.05) is 36.4 Å². The maximum absolute atomic E-state index is 13.5. The van der Waals surface area contributed by atoms with Crippen molar-refractivity contribution < 1.29 is 19.0 Å². The zero-order valence-corrected chi connectivity index (χ0v) is 17.0. The van der Waals surface area contributed by atoms with Gasteiger partial charge in [0.05, 0.1) is 31.5 Å². The number of ether oxygens (including phenoxy) is 2. The minimum atomic E-state index is -0.575. The van der Waals surface area contributed by atoms with E-state index in [-0.39, 0.29) is 37.0 Å². The normalized spacial score (nSPS) is 19.6. The molecule has 3 unspecified atom stereocenters. The second-order valence-electron chi connectivity index (χ2n) is 6.97. The Morgan fingerprint density at radius 3 is 2.71 bits per heavy atom. The van der Waals surface area contributed by atoms with Crippen molar-refractivity contribution in [3.63, 3.8) is 0 Å². The number of rotatable bonds is 8. The SMILES string of the molecule is CCC(OCC(O)CN1CCOC(c2cccc(F)c2)C1)c1ccccc1.Cl. The number of β-amino-alcohol motifs (C(OH)–C–C–N with tert-alkyl or cyclic N) is 1. The van der Waals surface area contributed by atoms with E-state index in [1.165, 1.54) is 12.1 Å². The number of benzene rings is 2. The summed E-state index contributed by atoms with van der Waals surface area (Å²) in [5.74, 6) is -0.256. The van der Waals surface area contributed by atoms with Gasteiger partial charge in [0.2, 0.25) is 0 Å². The lowest BCUT2D eigenvalue weighted by molar-refractivity contribution is -0.0616. The molecular formula is C22H29ClFNO3. The van der Waals surface area contributed by atoms with Gasteiger partial charge in [-0.15, -0.1) is 12.4 Å². The Morgan fingerprint density at radius 1 is 1.21 bits per heavy atom. The number of nitrogens with zero attached hydrogens (tertiary/aromatic N) is 1. The zero-order valence-electron chi connectivity index (χ0n) is 16.2. The van der Waals surface area contributed by atoms with Crippen LogP contribution in [-0.4, -0.2) is 49.0 Å². The Bertz CT molecular complexity index is 703. The van der Waals surface area contributed by atoms with Crippen molar-refractivity contribution in [2.75, 3.05) is 32.8 Å². The first kappa shape index (κ1) is 22.8. The first-order valence-corrected chi connectivity index (χ1v) is 9.59. The zero-order chi connectivity index (χ0) is 19.1. The van der Waals surface area contributed by atoms with E-state index in [4.69, 9.17) is 9.47 Å². The smallest absolute Gasteiger partial charge is 0.123 e. The van der Waals surface area contributed by atoms with Crippen LogP contribution in [0.3, 0.4) is 0 Å². The monoisotopic (exact) mass is 409 g/mol. The third-order valence-electron chi connectivity index (χ3n) is 4.87. The average Bonchev–Trinajstić information content (AvgIpc) is 2.69. The van der Waals surface area contributed by atoms with Crippen LogP contribution >= 0.6 is 12.4 Å². The van der Waals surface area contributed by atoms with Crippen molar-refractivity contribution in [1.29, 1.82) is 0 Å². The Hall–Kier alpha value is -1.50. The molecule has 1 saturated heterocycles. The lowest BCUT2D eigenvalue weighted by Crippen LogP contribution is -2.43. The topological polar surface area (TPSA) is 41.9 Å². The van der Waals surface area contributed by atoms with Gasteiger partial charge in [0.25, 0.3) is 0 Å². The van der Waals surface area contributed by atoms with E-state index in [9.17, 15) is 9.50 Å². The van der Waals surface area contributed by atoms with Gasteiger partial charge in [-0.3, -0.25) is 4.90 Å². The largest absolute Gasteiger partial charge is 0.389 e. The molecule has 0 aliphatic carbocycles. The van der Waals surface area contributed by atoms with Gasteiger partial charge in [0.15, 0.2) is 0 Å². The van der Waals surface area contributed by atoms with Gasteiger partial charge in [-0.2, -0.15) is 0 Å². The lowest BCUT2D eigenvalue weighted by atomic mass is 10.1. The second kappa shape index (κ2) is 11.5. The molecule has 0 amide bonds. The maximum atomic E-state index is 13.5. The van der Waals surface area contributed by atoms with Gasteiger partial charge in [0.1, 0.15) is 5.82 Å². The molecule has 0 radical (unpaired) electrons. The molecule has 28 heavy (non-hydrogen) atoms. The average molecular weight is 410 g/mol. The molecule has 3 atom stereocenters. The number of aliphatic hydroxyl groups is 1. The van der Waals surface area contributed by atoms with Gasteiger partial charge in [-0.1, -0.05) is 49.4 Å². The predicted molar refractivity (Wildman–Crippen MR) is 110 cm³/mol. The number of halogens is 2. The molecule has 0 aromatic heterocycles. The van der Waals surface area contributed by atoms with Gasteiger partial charge in [-0.05, 0) is 29.7 Å². The molecule has 4 nitrogen and oxygen atoms in total. The van der Waals surface area contributed by atoms with Crippen LogP contribution in [0.2, 0.25) is 0 Å². The van der Waals surface area contributed by atoms with Crippen molar-refractivity contribution in [3.8, 4) is 0 Å². The number of aliphatic hydroxyl groups excluding tert-OH is 1. The number of hydrogen-bond donors (Lipinski definition) is 1. The Balaban J connectivity index is 0.00000280. The molecule has 6 heteroatoms. The Kier molecular flexibility index (Phi) is 9.35. The minimum Gasteiger partial charge on any atom is -0.389 e. The summed E-state index contributed by atoms with van der Waals surface area (Å²) in [4.78, 5) is 2.15. The van der Waals surface area contributed by atoms with E-state index in [0.717, 1.165) is 24.1 Å². The highest BCUT2D eigenvalue weighted by Crippen LogP contribution is 2.24. The summed E-state index contributed by atoms with van der Waals surface area (Å²) in [6.07, 6.45) is 0.102. The Labute approximate surface area is 172 Å². The standard InChI is InChI=1S/C22H28FNO3.ClH/c1-2-21(17-7-4-3-5-8-17)27-16-20(25)14-24-11-12-26-22(15-24)18-9-6-10-19(23)13-18;/h3-10,13,20-22,25H,2,11-12,14-16H2,1H3;1H. The molecule has 1 heterocycles. The molecule has 2 aromatic carbocycles. The highest BCUT2D eigenvalue weighted by atomic mass is 35.5. The second-order valence-corrected chi connectivity index (χ2v) is 6.97. The highest BCUT2D eigenvalue weighted by molar-refractivity contribution is 5.85. The number of hydrogen-bond acceptors (Lipinski definition) is 4. The van der Waals surface area contributed by atoms with Crippen LogP contribution in [0.25, 0.3) is 0 Å². The van der Waals surface area contributed by atoms with Gasteiger partial charge in [0, 0.05) is 19.6 Å². The summed E-state index contributed by atoms with van der Waals surface area (Å²) in [5.41, 5.74) is 1.96. The fourth-order valence-electron chi connectivity index (χ4n) is 3.47. The fourth-order valence-corrected chi connectivity index (χ4v) is 3.47. The molecule has 1 fully saturated rings. The summed E-state index contributed by atoms with van der Waals surface area (Å²) in [6.45, 7) is 4.83. The van der Waals surface area contributed by atoms with Crippen molar-refractivity contribution >= 4 is 12.4 Å². The van der Waals surface area contributed by atoms with Crippen LogP contribution in [0.15, 0.2) is 54.6 Å². The van der Waals surface area contributed by atoms with Crippen molar-refractivity contribution in [2.45, 2.75) is 31.7 Å². The predicted octanol–water partition coefficient (Wildman–Crippen LogP) is 4.15. The van der Waals surface area contributed by atoms with Gasteiger partial charge >= 0.3 is 0 Å². The molecule has 1 N–H and O–H groups in total. The first-order chi connectivity index (χ1) is 13.2. The quantitative estimate of drug-likeness (QED) is 0.711. The molecule has 0 spiro atoms. The summed E-state index contributed by atoms with van der Waals surface area (Å²) >= 11 is 0. The van der Waals surface area contributed by atoms with E-state index >= 15 is 0 Å². The maximum Gasteiger partial charge on any atom is 0.123 e. The molecule has 1 aliphatic rings. The Morgan fingerprint density at radius 2 is 2.00 bits per heavy atom. The molecule has 1 aliphatic heterocycles. The van der Waals surface area contributed by atoms with E-state index in [0.29, 0.717) is 19.7 Å². The first-order valence-electron chi connectivity index (χ1n) is 9.59. The van der Waals surface area contributed by atoms with Gasteiger partial charge < -0.3 is 14.6 Å². The van der Waals surface area contributed by atoms with Crippen LogP contribution in [0.5, 0.6) is 0 Å². The van der Waals surface area contributed by atoms with Gasteiger partial charge in [-0.25, -0.2) is 4.39 Å². The molecular weight excluding hydrogens is 381 g/mol. The minimum absolute atomic E-state index is 0. The number of morpholine rings is 1. The molecule has 0 bridgehead atoms. The van der Waals surface area contributed by atoms with Crippen molar-refractivity contribution in [1.82, 2.24) is 4.90 Å². The summed E-state index contributed by atoms with van der Waals surface area (Å²) in [7, 11) is 0. The molecule has 0 saturated carbocycles. The fraction of sp³-hybridized carbons (Fsp3) is 0.455. The van der Waals surface area contributed by atoms with Crippen LogP contribution in [0.1, 0.15) is 36.7 Å². The third-order valence-corrected chi connectivity index (χ3v) is 4.87. The van der Waals surface area contributed by atoms with Crippen LogP contribution in [-0.2, 0) is 9.47 Å². The lowest BCUT2D eigenvalue weighted by Gasteiger charge is -2.34.